The van der Waals surface area contributed by atoms with Crippen molar-refractivity contribution >= 4 is 33.6 Å². The zero-order valence-electron chi connectivity index (χ0n) is 34.3. The van der Waals surface area contributed by atoms with E-state index in [1.807, 2.05) is 32.6 Å². The average Bonchev–Trinajstić information content (AvgIpc) is 4.11. The molecule has 1 N–H and O–H groups in total. The number of piperazine rings is 1. The standard InChI is InChI=1S/C44H52F2N6O7/c1-6-27-30(45)9-7-23-13-26(58-22-55-5)15-29(34(23)27)37-36(46)38-35-39(49-41(48-38)57-21-44(11-12-44)20-50-16-24-14-28(24)32(50)18-53)51-17-25-8-10-31(33(51)19-56-40(35)47-37)52(25)42(54)59-43(2,3)4/h7,9,13,15,24-25,28,31-33,53H,6,8,10-12,14,16-22H2,1-5H3. The lowest BCUT2D eigenvalue weighted by Gasteiger charge is -2.46. The van der Waals surface area contributed by atoms with Gasteiger partial charge in [0.2, 0.25) is 5.88 Å². The molecule has 6 aliphatic rings. The second-order valence-corrected chi connectivity index (χ2v) is 18.5. The van der Waals surface area contributed by atoms with Crippen LogP contribution in [0.3, 0.4) is 0 Å². The molecule has 2 saturated carbocycles. The van der Waals surface area contributed by atoms with Crippen LogP contribution in [0.4, 0.5) is 19.4 Å². The molecule has 4 aliphatic heterocycles. The van der Waals surface area contributed by atoms with E-state index in [0.717, 1.165) is 38.8 Å². The zero-order chi connectivity index (χ0) is 41.0. The van der Waals surface area contributed by atoms with Crippen LogP contribution in [0.2, 0.25) is 0 Å². The first-order valence-electron chi connectivity index (χ1n) is 21.1. The number of aliphatic hydroxyl groups is 1. The third kappa shape index (κ3) is 6.67. The van der Waals surface area contributed by atoms with E-state index in [2.05, 4.69) is 9.80 Å². The second-order valence-electron chi connectivity index (χ2n) is 18.5. The number of likely N-dealkylation sites (tertiary alicyclic amines) is 1. The van der Waals surface area contributed by atoms with Crippen LogP contribution in [0.1, 0.15) is 65.4 Å². The van der Waals surface area contributed by atoms with Crippen molar-refractivity contribution in [2.24, 2.45) is 17.3 Å². The van der Waals surface area contributed by atoms with Gasteiger partial charge in [-0.15, -0.1) is 0 Å². The number of aromatic nitrogens is 3. The van der Waals surface area contributed by atoms with Gasteiger partial charge in [0.05, 0.1) is 31.3 Å². The molecule has 1 amide bonds. The predicted octanol–water partition coefficient (Wildman–Crippen LogP) is 6.49. The molecule has 6 heterocycles. The molecule has 2 aliphatic carbocycles. The molecular formula is C44H52F2N6O7. The normalized spacial score (nSPS) is 26.4. The largest absolute Gasteiger partial charge is 0.475 e. The van der Waals surface area contributed by atoms with E-state index in [4.69, 9.17) is 38.6 Å². The minimum Gasteiger partial charge on any atom is -0.475 e. The highest BCUT2D eigenvalue weighted by molar-refractivity contribution is 6.03. The molecule has 314 valence electrons. The minimum absolute atomic E-state index is 0.0248. The summed E-state index contributed by atoms with van der Waals surface area (Å²) < 4.78 is 63.2. The van der Waals surface area contributed by atoms with Gasteiger partial charge in [-0.2, -0.15) is 9.97 Å². The summed E-state index contributed by atoms with van der Waals surface area (Å²) in [5.41, 5.74) is -0.146. The number of ether oxygens (including phenoxy) is 5. The number of carbonyl (C=O) groups is 1. The predicted molar refractivity (Wildman–Crippen MR) is 215 cm³/mol. The molecule has 5 fully saturated rings. The summed E-state index contributed by atoms with van der Waals surface area (Å²) in [7, 11) is 1.51. The van der Waals surface area contributed by atoms with Crippen LogP contribution in [0.25, 0.3) is 32.9 Å². The van der Waals surface area contributed by atoms with Gasteiger partial charge in [0, 0.05) is 43.8 Å². The van der Waals surface area contributed by atoms with Gasteiger partial charge in [-0.25, -0.2) is 18.6 Å². The lowest BCUT2D eigenvalue weighted by molar-refractivity contribution is 0.00537. The molecule has 59 heavy (non-hydrogen) atoms. The fourth-order valence-electron chi connectivity index (χ4n) is 10.4. The van der Waals surface area contributed by atoms with Crippen molar-refractivity contribution in [2.75, 3.05) is 58.3 Å². The Bertz CT molecular complexity index is 2340. The van der Waals surface area contributed by atoms with E-state index in [1.54, 1.807) is 18.2 Å². The van der Waals surface area contributed by atoms with Gasteiger partial charge in [-0.05, 0) is 106 Å². The Morgan fingerprint density at radius 3 is 2.63 bits per heavy atom. The summed E-state index contributed by atoms with van der Waals surface area (Å²) in [5.74, 6) is 1.08. The van der Waals surface area contributed by atoms with E-state index in [1.165, 1.54) is 19.6 Å². The highest BCUT2D eigenvalue weighted by Gasteiger charge is 2.56. The maximum Gasteiger partial charge on any atom is 0.410 e. The lowest BCUT2D eigenvalue weighted by Crippen LogP contribution is -2.63. The average molecular weight is 815 g/mol. The first-order chi connectivity index (χ1) is 28.4. The molecule has 2 bridgehead atoms. The first kappa shape index (κ1) is 38.6. The summed E-state index contributed by atoms with van der Waals surface area (Å²) in [6.45, 7) is 10.2. The van der Waals surface area contributed by atoms with Gasteiger partial charge in [0.25, 0.3) is 0 Å². The second kappa shape index (κ2) is 14.3. The molecule has 2 aromatic heterocycles. The van der Waals surface area contributed by atoms with Gasteiger partial charge >= 0.3 is 12.1 Å². The van der Waals surface area contributed by atoms with Crippen molar-refractivity contribution in [2.45, 2.75) is 96.0 Å². The molecule has 3 saturated heterocycles. The van der Waals surface area contributed by atoms with Crippen LogP contribution in [-0.2, 0) is 15.9 Å². The van der Waals surface area contributed by atoms with Crippen LogP contribution in [0.5, 0.6) is 17.6 Å². The fraction of sp³-hybridized carbons (Fsp3) is 0.591. The van der Waals surface area contributed by atoms with Crippen LogP contribution in [-0.4, -0.2) is 119 Å². The van der Waals surface area contributed by atoms with E-state index in [-0.39, 0.29) is 78.8 Å². The number of nitrogens with zero attached hydrogens (tertiary/aromatic N) is 6. The van der Waals surface area contributed by atoms with Crippen LogP contribution < -0.4 is 19.1 Å². The number of methoxy groups -OCH3 is 1. The lowest BCUT2D eigenvalue weighted by atomic mass is 9.94. The SMILES string of the molecule is CCc1c(F)ccc2cc(OCOC)cc(-c3nc4c5c(nc(OCC6(CN7CC8CC8C7CO)CC6)nc5c3F)N3CC5CCC(C3CO4)N5C(=O)OC(C)(C)C)c12. The zero-order valence-corrected chi connectivity index (χ0v) is 34.3. The number of fused-ring (bicyclic) bond motifs is 7. The maximum atomic E-state index is 17.7. The monoisotopic (exact) mass is 814 g/mol. The molecular weight excluding hydrogens is 763 g/mol. The topological polar surface area (TPSA) is 132 Å². The quantitative estimate of drug-likeness (QED) is 0.166. The number of aryl methyl sites for hydroxylation is 1. The molecule has 13 nitrogen and oxygen atoms in total. The van der Waals surface area contributed by atoms with E-state index >= 15 is 8.78 Å². The van der Waals surface area contributed by atoms with Gasteiger partial charge < -0.3 is 33.7 Å². The number of benzene rings is 2. The van der Waals surface area contributed by atoms with E-state index < -0.39 is 17.2 Å². The number of hydrogen-bond acceptors (Lipinski definition) is 12. The number of piperidine rings is 1. The fourth-order valence-corrected chi connectivity index (χ4v) is 10.4. The Morgan fingerprint density at radius 1 is 1.05 bits per heavy atom. The highest BCUT2D eigenvalue weighted by Crippen LogP contribution is 2.54. The number of pyridine rings is 1. The molecule has 2 aromatic carbocycles. The third-order valence-corrected chi connectivity index (χ3v) is 13.5. The summed E-state index contributed by atoms with van der Waals surface area (Å²) in [6, 6.07) is 5.93. The Balaban J connectivity index is 1.09. The van der Waals surface area contributed by atoms with Crippen LogP contribution in [0, 0.1) is 28.9 Å². The van der Waals surface area contributed by atoms with Crippen molar-refractivity contribution in [3.63, 3.8) is 0 Å². The summed E-state index contributed by atoms with van der Waals surface area (Å²) in [6.07, 6.45) is 4.62. The summed E-state index contributed by atoms with van der Waals surface area (Å²) in [5, 5.41) is 11.6. The van der Waals surface area contributed by atoms with E-state index in [9.17, 15) is 9.90 Å². The van der Waals surface area contributed by atoms with Gasteiger partial charge in [-0.1, -0.05) is 13.0 Å². The number of anilines is 1. The van der Waals surface area contributed by atoms with Gasteiger partial charge in [0.15, 0.2) is 12.6 Å². The number of hydrogen-bond donors (Lipinski definition) is 1. The molecule has 15 heteroatoms. The number of rotatable bonds is 11. The maximum absolute atomic E-state index is 17.7. The Morgan fingerprint density at radius 2 is 1.88 bits per heavy atom. The van der Waals surface area contributed by atoms with Gasteiger partial charge in [-0.3, -0.25) is 9.80 Å². The Kier molecular flexibility index (Phi) is 9.33. The van der Waals surface area contributed by atoms with Gasteiger partial charge in [0.1, 0.15) is 46.2 Å². The molecule has 4 aromatic rings. The highest BCUT2D eigenvalue weighted by atomic mass is 19.1. The molecule has 6 atom stereocenters. The number of aliphatic hydroxyl groups excluding tert-OH is 1. The summed E-state index contributed by atoms with van der Waals surface area (Å²) in [4.78, 5) is 34.7. The van der Waals surface area contributed by atoms with Crippen molar-refractivity contribution < 1.29 is 42.4 Å². The van der Waals surface area contributed by atoms with Crippen molar-refractivity contribution in [3.8, 4) is 28.9 Å². The molecule has 6 unspecified atom stereocenters. The first-order valence-corrected chi connectivity index (χ1v) is 21.1. The van der Waals surface area contributed by atoms with Crippen molar-refractivity contribution in [3.05, 3.63) is 41.5 Å². The number of amides is 1. The summed E-state index contributed by atoms with van der Waals surface area (Å²) >= 11 is 0. The number of carbonyl (C=O) groups excluding carboxylic acids is 1. The van der Waals surface area contributed by atoms with Crippen molar-refractivity contribution in [1.82, 2.24) is 24.8 Å². The van der Waals surface area contributed by atoms with Crippen LogP contribution >= 0.6 is 0 Å². The molecule has 0 radical (unpaired) electrons. The minimum atomic E-state index is -0.727. The Labute approximate surface area is 341 Å². The number of halogens is 2. The van der Waals surface area contributed by atoms with Crippen LogP contribution in [0.15, 0.2) is 24.3 Å². The molecule has 10 rings (SSSR count). The molecule has 0 spiro atoms. The Hall–Kier alpha value is -4.60. The smallest absolute Gasteiger partial charge is 0.410 e. The van der Waals surface area contributed by atoms with E-state index in [0.29, 0.717) is 70.3 Å². The van der Waals surface area contributed by atoms with Crippen molar-refractivity contribution in [1.29, 1.82) is 0 Å². The third-order valence-electron chi connectivity index (χ3n) is 13.5.